The molecule has 1 atom stereocenters. The summed E-state index contributed by atoms with van der Waals surface area (Å²) in [6.45, 7) is 3.59. The van der Waals surface area contributed by atoms with Gasteiger partial charge in [-0.1, -0.05) is 6.07 Å². The molecule has 1 aromatic heterocycles. The van der Waals surface area contributed by atoms with Crippen molar-refractivity contribution in [2.45, 2.75) is 19.3 Å². The number of carbonyl (C=O) groups is 1. The van der Waals surface area contributed by atoms with E-state index in [-0.39, 0.29) is 11.8 Å². The molecule has 1 aromatic rings. The molecule has 1 amide bonds. The van der Waals surface area contributed by atoms with Gasteiger partial charge in [-0.25, -0.2) is 17.7 Å². The number of piperidine rings is 1. The molecular weight excluding hydrogens is 340 g/mol. The molecule has 2 aliphatic heterocycles. The number of rotatable bonds is 3. The number of carbonyl (C=O) groups excluding carboxylic acids is 1. The number of hydrogen-bond donors (Lipinski definition) is 0. The largest absolute Gasteiger partial charge is 0.356 e. The molecule has 8 heteroatoms. The van der Waals surface area contributed by atoms with Crippen molar-refractivity contribution in [3.8, 4) is 0 Å². The first-order chi connectivity index (χ1) is 11.9. The van der Waals surface area contributed by atoms with Gasteiger partial charge < -0.3 is 9.80 Å². The molecule has 3 rings (SSSR count). The minimum atomic E-state index is -3.19. The van der Waals surface area contributed by atoms with Crippen LogP contribution < -0.4 is 4.90 Å². The fraction of sp³-hybridized carbons (Fsp3) is 0.647. The number of amides is 1. The van der Waals surface area contributed by atoms with Crippen LogP contribution in [0.1, 0.15) is 19.3 Å². The molecule has 138 valence electrons. The molecular formula is C17H26N4O3S. The normalized spacial score (nSPS) is 23.3. The van der Waals surface area contributed by atoms with Crippen LogP contribution in [0, 0.1) is 5.92 Å². The van der Waals surface area contributed by atoms with Crippen LogP contribution in [0.15, 0.2) is 24.4 Å². The van der Waals surface area contributed by atoms with E-state index in [2.05, 4.69) is 9.88 Å². The maximum atomic E-state index is 13.0. The highest BCUT2D eigenvalue weighted by Gasteiger charge is 2.31. The van der Waals surface area contributed by atoms with Crippen molar-refractivity contribution in [1.29, 1.82) is 0 Å². The zero-order chi connectivity index (χ0) is 17.9. The lowest BCUT2D eigenvalue weighted by Crippen LogP contribution is -2.46. The van der Waals surface area contributed by atoms with Gasteiger partial charge in [0.2, 0.25) is 15.9 Å². The number of sulfonamides is 1. The van der Waals surface area contributed by atoms with Crippen LogP contribution in [0.4, 0.5) is 5.82 Å². The first-order valence-electron chi connectivity index (χ1n) is 8.85. The Balaban J connectivity index is 1.62. The van der Waals surface area contributed by atoms with Crippen LogP contribution in [0.3, 0.4) is 0 Å². The third-order valence-electron chi connectivity index (χ3n) is 4.98. The summed E-state index contributed by atoms with van der Waals surface area (Å²) in [7, 11) is -3.19. The first kappa shape index (κ1) is 18.1. The summed E-state index contributed by atoms with van der Waals surface area (Å²) >= 11 is 0. The van der Waals surface area contributed by atoms with E-state index in [0.717, 1.165) is 25.2 Å². The molecule has 0 radical (unpaired) electrons. The van der Waals surface area contributed by atoms with E-state index in [0.29, 0.717) is 39.1 Å². The van der Waals surface area contributed by atoms with Gasteiger partial charge in [0.15, 0.2) is 0 Å². The summed E-state index contributed by atoms with van der Waals surface area (Å²) in [4.78, 5) is 21.4. The van der Waals surface area contributed by atoms with E-state index >= 15 is 0 Å². The smallest absolute Gasteiger partial charge is 0.227 e. The molecule has 3 heterocycles. The van der Waals surface area contributed by atoms with Crippen LogP contribution in [-0.4, -0.2) is 74.0 Å². The van der Waals surface area contributed by atoms with E-state index in [1.165, 1.54) is 10.6 Å². The van der Waals surface area contributed by atoms with Gasteiger partial charge in [0.05, 0.1) is 12.2 Å². The second kappa shape index (κ2) is 7.70. The zero-order valence-corrected chi connectivity index (χ0v) is 15.5. The van der Waals surface area contributed by atoms with Gasteiger partial charge in [-0.2, -0.15) is 0 Å². The average Bonchev–Trinajstić information content (AvgIpc) is 2.88. The Labute approximate surface area is 149 Å². The Kier molecular flexibility index (Phi) is 5.58. The molecule has 7 nitrogen and oxygen atoms in total. The Morgan fingerprint density at radius 3 is 2.68 bits per heavy atom. The van der Waals surface area contributed by atoms with Gasteiger partial charge >= 0.3 is 0 Å². The fourth-order valence-corrected chi connectivity index (χ4v) is 4.51. The quantitative estimate of drug-likeness (QED) is 0.791. The number of hydrogen-bond acceptors (Lipinski definition) is 5. The molecule has 0 saturated carbocycles. The lowest BCUT2D eigenvalue weighted by molar-refractivity contribution is -0.135. The predicted molar refractivity (Wildman–Crippen MR) is 96.8 cm³/mol. The molecule has 2 aliphatic rings. The van der Waals surface area contributed by atoms with E-state index in [4.69, 9.17) is 0 Å². The molecule has 2 saturated heterocycles. The molecule has 0 aromatic carbocycles. The van der Waals surface area contributed by atoms with Gasteiger partial charge in [0.1, 0.15) is 5.82 Å². The number of pyridine rings is 1. The number of nitrogens with zero attached hydrogens (tertiary/aromatic N) is 4. The molecule has 0 unspecified atom stereocenters. The van der Waals surface area contributed by atoms with E-state index in [1.807, 2.05) is 23.1 Å². The molecule has 2 fully saturated rings. The minimum absolute atomic E-state index is 0.0412. The van der Waals surface area contributed by atoms with Crippen LogP contribution in [0.25, 0.3) is 0 Å². The van der Waals surface area contributed by atoms with E-state index in [1.54, 1.807) is 6.20 Å². The number of anilines is 1. The first-order valence-corrected chi connectivity index (χ1v) is 10.7. The zero-order valence-electron chi connectivity index (χ0n) is 14.7. The van der Waals surface area contributed by atoms with Crippen LogP contribution in [0.5, 0.6) is 0 Å². The third-order valence-corrected chi connectivity index (χ3v) is 6.28. The lowest BCUT2D eigenvalue weighted by atomic mass is 9.96. The Hall–Kier alpha value is -1.67. The van der Waals surface area contributed by atoms with Crippen LogP contribution in [0.2, 0.25) is 0 Å². The van der Waals surface area contributed by atoms with Gasteiger partial charge in [-0.15, -0.1) is 0 Å². The van der Waals surface area contributed by atoms with Crippen molar-refractivity contribution in [3.05, 3.63) is 24.4 Å². The third kappa shape index (κ3) is 4.49. The monoisotopic (exact) mass is 366 g/mol. The van der Waals surface area contributed by atoms with Crippen LogP contribution in [-0.2, 0) is 14.8 Å². The molecule has 0 spiro atoms. The highest BCUT2D eigenvalue weighted by Crippen LogP contribution is 2.23. The van der Waals surface area contributed by atoms with Crippen molar-refractivity contribution in [2.24, 2.45) is 5.92 Å². The highest BCUT2D eigenvalue weighted by atomic mass is 32.2. The van der Waals surface area contributed by atoms with Crippen molar-refractivity contribution in [3.63, 3.8) is 0 Å². The summed E-state index contributed by atoms with van der Waals surface area (Å²) in [6, 6.07) is 5.83. The average molecular weight is 366 g/mol. The van der Waals surface area contributed by atoms with Gasteiger partial charge in [0.25, 0.3) is 0 Å². The van der Waals surface area contributed by atoms with Gasteiger partial charge in [-0.05, 0) is 31.4 Å². The van der Waals surface area contributed by atoms with E-state index in [9.17, 15) is 13.2 Å². The van der Waals surface area contributed by atoms with Crippen LogP contribution >= 0.6 is 0 Å². The second-order valence-electron chi connectivity index (χ2n) is 6.81. The summed E-state index contributed by atoms with van der Waals surface area (Å²) in [6.07, 6.45) is 5.55. The SMILES string of the molecule is CS(=O)(=O)N1CCCN(C(=O)[C@H]2CCCN(c3ccccn3)C2)CC1. The molecule has 0 bridgehead atoms. The Morgan fingerprint density at radius 2 is 1.96 bits per heavy atom. The molecule has 0 aliphatic carbocycles. The summed E-state index contributed by atoms with van der Waals surface area (Å²) in [5, 5.41) is 0. The minimum Gasteiger partial charge on any atom is -0.356 e. The Bertz CT molecular complexity index is 695. The number of aromatic nitrogens is 1. The maximum absolute atomic E-state index is 13.0. The summed E-state index contributed by atoms with van der Waals surface area (Å²) in [5.74, 6) is 1.02. The summed E-state index contributed by atoms with van der Waals surface area (Å²) in [5.41, 5.74) is 0. The molecule has 0 N–H and O–H groups in total. The predicted octanol–water partition coefficient (Wildman–Crippen LogP) is 0.792. The van der Waals surface area contributed by atoms with Gasteiger partial charge in [0, 0.05) is 45.5 Å². The van der Waals surface area contributed by atoms with Crippen molar-refractivity contribution in [1.82, 2.24) is 14.2 Å². The van der Waals surface area contributed by atoms with Crippen molar-refractivity contribution < 1.29 is 13.2 Å². The van der Waals surface area contributed by atoms with Crippen molar-refractivity contribution in [2.75, 3.05) is 50.4 Å². The van der Waals surface area contributed by atoms with Gasteiger partial charge in [-0.3, -0.25) is 4.79 Å². The standard InChI is InChI=1S/C17H26N4O3S/c1-25(23,24)21-11-5-10-19(12-13-21)17(22)15-6-4-9-20(14-15)16-7-2-3-8-18-16/h2-3,7-8,15H,4-6,9-14H2,1H3/t15-/m0/s1. The fourth-order valence-electron chi connectivity index (χ4n) is 3.63. The lowest BCUT2D eigenvalue weighted by Gasteiger charge is -2.35. The summed E-state index contributed by atoms with van der Waals surface area (Å²) < 4.78 is 24.9. The second-order valence-corrected chi connectivity index (χ2v) is 8.80. The van der Waals surface area contributed by atoms with Crippen molar-refractivity contribution >= 4 is 21.7 Å². The highest BCUT2D eigenvalue weighted by molar-refractivity contribution is 7.88. The maximum Gasteiger partial charge on any atom is 0.227 e. The van der Waals surface area contributed by atoms with E-state index < -0.39 is 10.0 Å². The Morgan fingerprint density at radius 1 is 1.12 bits per heavy atom. The topological polar surface area (TPSA) is 73.8 Å². The molecule has 25 heavy (non-hydrogen) atoms.